The molecule has 0 aliphatic carbocycles. The van der Waals surface area contributed by atoms with Crippen LogP contribution >= 0.6 is 24.4 Å². The molecule has 0 radical (unpaired) electrons. The summed E-state index contributed by atoms with van der Waals surface area (Å²) in [5.74, 6) is -2.15. The maximum absolute atomic E-state index is 14.5. The molecule has 0 aromatic heterocycles. The molecule has 734 valence electrons. The summed E-state index contributed by atoms with van der Waals surface area (Å²) in [7, 11) is 3.01. The van der Waals surface area contributed by atoms with Crippen LogP contribution < -0.4 is 18.9 Å². The minimum absolute atomic E-state index is 0.0143. The molecule has 18 nitrogen and oxygen atoms in total. The van der Waals surface area contributed by atoms with Gasteiger partial charge in [0.1, 0.15) is 9.49 Å². The number of ether oxygens (including phenoxy) is 6. The van der Waals surface area contributed by atoms with Gasteiger partial charge in [0.2, 0.25) is 11.1 Å². The lowest BCUT2D eigenvalue weighted by molar-refractivity contribution is -0.163. The predicted molar refractivity (Wildman–Crippen MR) is 540 cm³/mol. The van der Waals surface area contributed by atoms with Crippen molar-refractivity contribution >= 4 is 71.8 Å². The van der Waals surface area contributed by atoms with E-state index < -0.39 is 72.1 Å². The number of unbranched alkanes of at least 4 members (excludes halogenated alkanes) is 42. The molecule has 1 heterocycles. The fourth-order valence-electron chi connectivity index (χ4n) is 17.3. The number of benzene rings is 2. The van der Waals surface area contributed by atoms with Crippen LogP contribution in [0.3, 0.4) is 0 Å². The van der Waals surface area contributed by atoms with Gasteiger partial charge in [-0.3, -0.25) is 38.8 Å². The largest absolute Gasteiger partial charge is 0.493 e. The SMILES string of the molecule is CCCCCCCCCCCC.CCCCCCCCCCCCO.[C-]#[N+]C(C)(C)CC(C)(CC(C)(CC1(C)CC(C)(C(=O)O)SC1=O)C(=O)OCCCCCCCCCCCC)C(=O)Oc1ccc(C=NCCCCCC)cc1OC.[C-]#[N+]C(C)(C)CC(C)(CC(C)(S)C(=O)OCCCCCCCCCCCC)C(=O)Oc1ccc(C=NCCCCCC)cc1OC. The molecule has 0 bridgehead atoms. The Hall–Kier alpha value is -5.96. The van der Waals surface area contributed by atoms with E-state index in [1.165, 1.54) is 246 Å². The van der Waals surface area contributed by atoms with Crippen LogP contribution in [-0.2, 0) is 38.2 Å². The van der Waals surface area contributed by atoms with Crippen LogP contribution in [0.4, 0.5) is 0 Å². The summed E-state index contributed by atoms with van der Waals surface area (Å²) in [4.78, 5) is 98.3. The molecule has 2 aromatic rings. The molecule has 2 N–H and O–H groups in total. The number of nitrogens with zero attached hydrogens (tertiary/aromatic N) is 4. The lowest BCUT2D eigenvalue weighted by atomic mass is 9.62. The second-order valence-corrected chi connectivity index (χ2v) is 42.0. The number of thiol groups is 1. The van der Waals surface area contributed by atoms with Crippen molar-refractivity contribution in [3.05, 3.63) is 70.4 Å². The van der Waals surface area contributed by atoms with E-state index in [-0.39, 0.29) is 61.7 Å². The van der Waals surface area contributed by atoms with E-state index in [0.29, 0.717) is 37.7 Å². The molecule has 2 aromatic carbocycles. The van der Waals surface area contributed by atoms with Gasteiger partial charge in [-0.1, -0.05) is 343 Å². The van der Waals surface area contributed by atoms with Gasteiger partial charge in [-0.05, 0) is 140 Å². The molecule has 1 saturated heterocycles. The van der Waals surface area contributed by atoms with Crippen LogP contribution in [0.25, 0.3) is 9.69 Å². The molecule has 20 heteroatoms. The smallest absolute Gasteiger partial charge is 0.321 e. The topological polar surface area (TPSA) is 232 Å². The van der Waals surface area contributed by atoms with Gasteiger partial charge < -0.3 is 48.3 Å². The van der Waals surface area contributed by atoms with Crippen molar-refractivity contribution in [2.75, 3.05) is 47.1 Å². The van der Waals surface area contributed by atoms with Gasteiger partial charge in [-0.15, -0.1) is 0 Å². The maximum atomic E-state index is 14.5. The summed E-state index contributed by atoms with van der Waals surface area (Å²) >= 11 is 5.47. The Bertz CT molecular complexity index is 3440. The van der Waals surface area contributed by atoms with Gasteiger partial charge in [-0.25, -0.2) is 13.1 Å². The van der Waals surface area contributed by atoms with Crippen LogP contribution in [-0.4, -0.2) is 125 Å². The number of carboxylic acid groups (broad SMARTS) is 1. The molecule has 0 amide bonds. The molecule has 1 aliphatic rings. The highest BCUT2D eigenvalue weighted by molar-refractivity contribution is 8.15. The first-order valence-electron chi connectivity index (χ1n) is 50.7. The zero-order valence-corrected chi connectivity index (χ0v) is 86.5. The summed E-state index contributed by atoms with van der Waals surface area (Å²) in [5, 5.41) is 18.3. The Morgan fingerprint density at radius 1 is 0.422 bits per heavy atom. The Morgan fingerprint density at radius 3 is 1.02 bits per heavy atom. The highest BCUT2D eigenvalue weighted by Gasteiger charge is 2.60. The number of hydrogen-bond acceptors (Lipinski definition) is 17. The van der Waals surface area contributed by atoms with Crippen molar-refractivity contribution < 1.29 is 67.4 Å². The molecule has 6 atom stereocenters. The summed E-state index contributed by atoms with van der Waals surface area (Å²) < 4.78 is 32.2. The number of methoxy groups -OCH3 is 2. The van der Waals surface area contributed by atoms with E-state index >= 15 is 0 Å². The third kappa shape index (κ3) is 54.9. The molecule has 0 spiro atoms. The number of thioether (sulfide) groups is 1. The van der Waals surface area contributed by atoms with Crippen molar-refractivity contribution in [1.29, 1.82) is 0 Å². The normalized spacial score (nSPS) is 16.3. The first-order chi connectivity index (χ1) is 61.0. The Labute approximate surface area is 791 Å². The first-order valence-corrected chi connectivity index (χ1v) is 52.0. The highest BCUT2D eigenvalue weighted by Crippen LogP contribution is 2.57. The average molecular weight is 1830 g/mol. The fourth-order valence-corrected chi connectivity index (χ4v) is 19.0. The monoisotopic (exact) mass is 1830 g/mol. The van der Waals surface area contributed by atoms with E-state index in [1.54, 1.807) is 105 Å². The van der Waals surface area contributed by atoms with E-state index in [9.17, 15) is 33.9 Å². The fraction of sp³-hybridized carbons (Fsp3) is 0.796. The van der Waals surface area contributed by atoms with Gasteiger partial charge in [0.05, 0.1) is 43.7 Å². The third-order valence-corrected chi connectivity index (χ3v) is 26.2. The Morgan fingerprint density at radius 2 is 0.719 bits per heavy atom. The molecule has 6 unspecified atom stereocenters. The number of rotatable bonds is 72. The number of carbonyl (C=O) groups excluding carboxylic acids is 5. The number of esters is 4. The molecule has 1 aliphatic heterocycles. The molecule has 128 heavy (non-hydrogen) atoms. The summed E-state index contributed by atoms with van der Waals surface area (Å²) in [6, 6.07) is 10.5. The van der Waals surface area contributed by atoms with Gasteiger partial charge in [0, 0.05) is 78.1 Å². The Balaban J connectivity index is 0.00000200. The zero-order chi connectivity index (χ0) is 96.1. The number of carbonyl (C=O) groups is 6. The molecule has 0 saturated carbocycles. The third-order valence-electron chi connectivity index (χ3n) is 24.4. The summed E-state index contributed by atoms with van der Waals surface area (Å²) in [5.41, 5.74) is -5.47. The summed E-state index contributed by atoms with van der Waals surface area (Å²) in [6.45, 7) is 50.7. The number of carboxylic acids is 1. The number of aliphatic carboxylic acids is 1. The number of aliphatic hydroxyl groups excluding tert-OH is 1. The van der Waals surface area contributed by atoms with Crippen molar-refractivity contribution in [2.45, 2.75) is 485 Å². The minimum Gasteiger partial charge on any atom is -0.493 e. The average Bonchev–Trinajstić information content (AvgIpc) is 1.62. The highest BCUT2D eigenvalue weighted by atomic mass is 32.2. The van der Waals surface area contributed by atoms with Gasteiger partial charge in [-0.2, -0.15) is 12.6 Å². The zero-order valence-electron chi connectivity index (χ0n) is 84.8. The van der Waals surface area contributed by atoms with Crippen LogP contribution in [0.1, 0.15) is 476 Å². The van der Waals surface area contributed by atoms with E-state index in [1.807, 2.05) is 6.07 Å². The predicted octanol–water partition coefficient (Wildman–Crippen LogP) is 30.5. The van der Waals surface area contributed by atoms with Crippen molar-refractivity contribution in [3.8, 4) is 23.0 Å². The van der Waals surface area contributed by atoms with Gasteiger partial charge in [0.15, 0.2) is 28.1 Å². The quantitative estimate of drug-likeness (QED) is 0.0140. The van der Waals surface area contributed by atoms with Crippen LogP contribution in [0, 0.1) is 34.8 Å². The van der Waals surface area contributed by atoms with Gasteiger partial charge >= 0.3 is 29.8 Å². The van der Waals surface area contributed by atoms with Crippen LogP contribution in [0.5, 0.6) is 23.0 Å². The van der Waals surface area contributed by atoms with E-state index in [4.69, 9.17) is 59.3 Å². The second kappa shape index (κ2) is 71.6. The maximum Gasteiger partial charge on any atom is 0.321 e. The van der Waals surface area contributed by atoms with Gasteiger partial charge in [0.25, 0.3) is 0 Å². The van der Waals surface area contributed by atoms with E-state index in [0.717, 1.165) is 106 Å². The lowest BCUT2D eigenvalue weighted by Gasteiger charge is -2.41. The Kier molecular flexibility index (Phi) is 68.3. The van der Waals surface area contributed by atoms with Crippen molar-refractivity contribution in [3.63, 3.8) is 0 Å². The van der Waals surface area contributed by atoms with Crippen molar-refractivity contribution in [1.82, 2.24) is 0 Å². The lowest BCUT2D eigenvalue weighted by Crippen LogP contribution is -2.46. The molecule has 3 rings (SSSR count). The molecule has 1 fully saturated rings. The van der Waals surface area contributed by atoms with Crippen LogP contribution in [0.2, 0.25) is 0 Å². The van der Waals surface area contributed by atoms with Crippen molar-refractivity contribution in [2.24, 2.45) is 31.6 Å². The second-order valence-electron chi connectivity index (χ2n) is 39.5. The van der Waals surface area contributed by atoms with E-state index in [2.05, 4.69) is 68.1 Å². The number of aliphatic imine (C=N–C) groups is 2. The first kappa shape index (κ1) is 122. The molecular weight excluding hydrogens is 1640 g/mol. The number of aliphatic hydroxyl groups is 1. The minimum atomic E-state index is -1.42. The number of hydrogen-bond donors (Lipinski definition) is 3. The van der Waals surface area contributed by atoms with Crippen LogP contribution in [0.15, 0.2) is 46.4 Å². The standard InChI is InChI=1S/C46H72N2O8S.C38H62N2O5S.C12H26O.C12H26/c1-11-13-15-17-18-19-20-21-22-24-28-55-39(51)44(6,33-45(7)34-46(8,38(49)50)57-41(45)53)32-43(5,31-42(3,4)47-9)40(52)56-36-26-25-35(29-37(36)54-10)30-48-27-23-16-14-12-2;1-9-11-13-15-16-17-18-19-20-22-26-44-35(42)38(6,46)30-37(5,29-36(3,4)39-7)34(41)45-32-24-23-31(27-33(32)43-8)28-40-25-21-14-12-10-2;1-2-3-4-5-6-7-8-9-10-11-12-13;1-3-5-7-9-11-12-10-8-6-4-2/h25-26,29-30H,11-24,27-28,31-34H2,1-8,10H3,(H,49,50);23-24,27-28,46H,9-22,25-26,29-30H2,1-6,8H3;13H,2-12H2,1H3;3-12H2,1-2H3. The molecular formula is C108H186N4O14S2. The summed E-state index contributed by atoms with van der Waals surface area (Å²) in [6.07, 6.45) is 63.8.